The fourth-order valence-corrected chi connectivity index (χ4v) is 2.61. The number of hydrogen-bond acceptors (Lipinski definition) is 9. The Morgan fingerprint density at radius 2 is 1.69 bits per heavy atom. The molecule has 0 fully saturated rings. The minimum Gasteiger partial charge on any atom is -0.394 e. The highest BCUT2D eigenvalue weighted by atomic mass is 16.5. The van der Waals surface area contributed by atoms with E-state index in [1.165, 1.54) is 12.2 Å². The van der Waals surface area contributed by atoms with Crippen LogP contribution in [0.2, 0.25) is 0 Å². The lowest BCUT2D eigenvalue weighted by molar-refractivity contribution is -0.155. The third kappa shape index (κ3) is 7.51. The zero-order chi connectivity index (χ0) is 22.0. The van der Waals surface area contributed by atoms with Crippen molar-refractivity contribution in [1.29, 1.82) is 0 Å². The van der Waals surface area contributed by atoms with Crippen molar-refractivity contribution in [3.63, 3.8) is 0 Å². The Balaban J connectivity index is 2.25. The molecule has 0 radical (unpaired) electrons. The number of rotatable bonds is 12. The molecule has 0 saturated heterocycles. The quantitative estimate of drug-likeness (QED) is 0.107. The van der Waals surface area contributed by atoms with E-state index in [2.05, 4.69) is 5.43 Å². The van der Waals surface area contributed by atoms with Crippen molar-refractivity contribution in [2.24, 2.45) is 0 Å². The van der Waals surface area contributed by atoms with Gasteiger partial charge in [0.2, 0.25) is 5.91 Å². The summed E-state index contributed by atoms with van der Waals surface area (Å²) >= 11 is 0. The lowest BCUT2D eigenvalue weighted by Crippen LogP contribution is -2.55. The normalized spacial score (nSPS) is 17.8. The van der Waals surface area contributed by atoms with Crippen molar-refractivity contribution in [1.82, 2.24) is 15.8 Å². The van der Waals surface area contributed by atoms with Gasteiger partial charge in [0, 0.05) is 32.2 Å². The Kier molecular flexibility index (Phi) is 10.4. The van der Waals surface area contributed by atoms with E-state index in [1.54, 1.807) is 0 Å². The van der Waals surface area contributed by atoms with Crippen LogP contribution in [0.1, 0.15) is 25.7 Å². The Morgan fingerprint density at radius 1 is 1.07 bits per heavy atom. The highest BCUT2D eigenvalue weighted by Gasteiger charge is 2.35. The van der Waals surface area contributed by atoms with Gasteiger partial charge in [-0.25, -0.2) is 0 Å². The maximum absolute atomic E-state index is 11.8. The third-order valence-corrected chi connectivity index (χ3v) is 4.28. The molecule has 1 rings (SSSR count). The second-order valence-electron chi connectivity index (χ2n) is 6.40. The predicted molar refractivity (Wildman–Crippen MR) is 96.5 cm³/mol. The van der Waals surface area contributed by atoms with Gasteiger partial charge in [-0.1, -0.05) is 6.42 Å². The summed E-state index contributed by atoms with van der Waals surface area (Å²) in [6, 6.07) is 0. The molecule has 6 N–H and O–H groups in total. The molecule has 0 spiro atoms. The standard InChI is InChI=1S/C17H27N3O9/c1-29-16(10(22)9-21)14(26)15(27)17(28)19-18-11(23)5-3-2-4-8-20-12(24)6-7-13(20)25/h6-7,10,14-16,21-22,26-27H,2-5,8-9H2,1H3,(H,18,23)(H,19,28)/t10?,14-,15?,16-/m1/s1. The third-order valence-electron chi connectivity index (χ3n) is 4.28. The van der Waals surface area contributed by atoms with Crippen LogP contribution in [0.25, 0.3) is 0 Å². The molecule has 1 heterocycles. The predicted octanol–water partition coefficient (Wildman–Crippen LogP) is -3.29. The number of aliphatic hydroxyl groups is 4. The number of aliphatic hydroxyl groups excluding tert-OH is 4. The summed E-state index contributed by atoms with van der Waals surface area (Å²) in [6.07, 6.45) is -2.84. The molecule has 164 valence electrons. The number of methoxy groups -OCH3 is 1. The first kappa shape index (κ1) is 24.7. The second-order valence-corrected chi connectivity index (χ2v) is 6.40. The number of amides is 4. The van der Waals surface area contributed by atoms with Crippen LogP contribution < -0.4 is 10.9 Å². The summed E-state index contributed by atoms with van der Waals surface area (Å²) in [5.41, 5.74) is 4.02. The van der Waals surface area contributed by atoms with Gasteiger partial charge >= 0.3 is 0 Å². The molecule has 12 heteroatoms. The fourth-order valence-electron chi connectivity index (χ4n) is 2.61. The molecule has 12 nitrogen and oxygen atoms in total. The SMILES string of the molecule is CO[C@H](C(O)CO)[C@H](O)C(O)C(=O)NNC(=O)CCCCCN1C(=O)C=CC1=O. The van der Waals surface area contributed by atoms with Gasteiger partial charge in [0.05, 0.1) is 6.61 Å². The number of ether oxygens (including phenoxy) is 1. The van der Waals surface area contributed by atoms with Crippen LogP contribution in [0.5, 0.6) is 0 Å². The summed E-state index contributed by atoms with van der Waals surface area (Å²) in [4.78, 5) is 47.3. The molecule has 0 aliphatic carbocycles. The average Bonchev–Trinajstić information content (AvgIpc) is 3.03. The van der Waals surface area contributed by atoms with Crippen molar-refractivity contribution in [3.05, 3.63) is 12.2 Å². The Bertz CT molecular complexity index is 607. The van der Waals surface area contributed by atoms with Crippen molar-refractivity contribution in [2.75, 3.05) is 20.3 Å². The van der Waals surface area contributed by atoms with Crippen molar-refractivity contribution in [2.45, 2.75) is 50.1 Å². The van der Waals surface area contributed by atoms with Crippen molar-refractivity contribution < 1.29 is 44.3 Å². The van der Waals surface area contributed by atoms with E-state index in [9.17, 15) is 34.5 Å². The van der Waals surface area contributed by atoms with E-state index < -0.39 is 42.8 Å². The molecule has 4 amide bonds. The van der Waals surface area contributed by atoms with Crippen LogP contribution in [0.3, 0.4) is 0 Å². The molecule has 0 saturated carbocycles. The van der Waals surface area contributed by atoms with E-state index >= 15 is 0 Å². The first-order valence-electron chi connectivity index (χ1n) is 9.03. The van der Waals surface area contributed by atoms with Crippen LogP contribution in [0.4, 0.5) is 0 Å². The smallest absolute Gasteiger partial charge is 0.270 e. The van der Waals surface area contributed by atoms with E-state index in [1.807, 2.05) is 5.43 Å². The number of carbonyl (C=O) groups is 4. The molecule has 0 aromatic carbocycles. The van der Waals surface area contributed by atoms with Gasteiger partial charge in [-0.2, -0.15) is 0 Å². The average molecular weight is 417 g/mol. The molecule has 0 aromatic rings. The van der Waals surface area contributed by atoms with Gasteiger partial charge in [-0.05, 0) is 12.8 Å². The van der Waals surface area contributed by atoms with Gasteiger partial charge in [0.15, 0.2) is 6.10 Å². The number of nitrogens with zero attached hydrogens (tertiary/aromatic N) is 1. The molecule has 1 aliphatic heterocycles. The van der Waals surface area contributed by atoms with Crippen LogP contribution in [0, 0.1) is 0 Å². The van der Waals surface area contributed by atoms with Crippen LogP contribution in [-0.4, -0.2) is 93.6 Å². The van der Waals surface area contributed by atoms with Gasteiger partial charge in [-0.3, -0.25) is 34.9 Å². The molecule has 4 atom stereocenters. The highest BCUT2D eigenvalue weighted by Crippen LogP contribution is 2.09. The van der Waals surface area contributed by atoms with E-state index in [0.29, 0.717) is 19.3 Å². The summed E-state index contributed by atoms with van der Waals surface area (Å²) < 4.78 is 4.75. The Hall–Kier alpha value is -2.38. The molecule has 29 heavy (non-hydrogen) atoms. The molecular formula is C17H27N3O9. The van der Waals surface area contributed by atoms with Crippen LogP contribution in [-0.2, 0) is 23.9 Å². The molecule has 0 bridgehead atoms. The molecular weight excluding hydrogens is 390 g/mol. The number of hydrazine groups is 1. The molecule has 2 unspecified atom stereocenters. The van der Waals surface area contributed by atoms with Crippen molar-refractivity contribution in [3.8, 4) is 0 Å². The summed E-state index contributed by atoms with van der Waals surface area (Å²) in [7, 11) is 1.12. The maximum atomic E-state index is 11.8. The summed E-state index contributed by atoms with van der Waals surface area (Å²) in [6.45, 7) is -0.495. The largest absolute Gasteiger partial charge is 0.394 e. The summed E-state index contributed by atoms with van der Waals surface area (Å²) in [5.74, 6) is -2.40. The van der Waals surface area contributed by atoms with Crippen LogP contribution in [0.15, 0.2) is 12.2 Å². The highest BCUT2D eigenvalue weighted by molar-refractivity contribution is 6.12. The number of unbranched alkanes of at least 4 members (excludes halogenated alkanes) is 2. The number of nitrogens with one attached hydrogen (secondary N) is 2. The Labute approximate surface area is 167 Å². The Morgan fingerprint density at radius 3 is 2.24 bits per heavy atom. The van der Waals surface area contributed by atoms with E-state index in [4.69, 9.17) is 9.84 Å². The van der Waals surface area contributed by atoms with E-state index in [0.717, 1.165) is 12.0 Å². The maximum Gasteiger partial charge on any atom is 0.270 e. The minimum absolute atomic E-state index is 0.0446. The lowest BCUT2D eigenvalue weighted by atomic mass is 10.0. The summed E-state index contributed by atoms with van der Waals surface area (Å²) in [5, 5.41) is 38.0. The van der Waals surface area contributed by atoms with Gasteiger partial charge in [0.25, 0.3) is 17.7 Å². The first-order valence-corrected chi connectivity index (χ1v) is 9.03. The zero-order valence-corrected chi connectivity index (χ0v) is 16.0. The minimum atomic E-state index is -2.02. The van der Waals surface area contributed by atoms with Crippen LogP contribution >= 0.6 is 0 Å². The van der Waals surface area contributed by atoms with Gasteiger partial charge in [-0.15, -0.1) is 0 Å². The number of imide groups is 1. The lowest BCUT2D eigenvalue weighted by Gasteiger charge is -2.27. The zero-order valence-electron chi connectivity index (χ0n) is 16.0. The van der Waals surface area contributed by atoms with Gasteiger partial charge < -0.3 is 25.2 Å². The van der Waals surface area contributed by atoms with Gasteiger partial charge in [0.1, 0.15) is 18.3 Å². The second kappa shape index (κ2) is 12.2. The van der Waals surface area contributed by atoms with E-state index in [-0.39, 0.29) is 24.8 Å². The first-order chi connectivity index (χ1) is 13.7. The fraction of sp³-hybridized carbons (Fsp3) is 0.647. The topological polar surface area (TPSA) is 186 Å². The van der Waals surface area contributed by atoms with Crippen molar-refractivity contribution >= 4 is 23.6 Å². The number of hydrogen-bond donors (Lipinski definition) is 6. The number of carbonyl (C=O) groups excluding carboxylic acids is 4. The molecule has 1 aliphatic rings. The monoisotopic (exact) mass is 417 g/mol. The molecule has 0 aromatic heterocycles.